The van der Waals surface area contributed by atoms with Crippen LogP contribution < -0.4 is 5.32 Å². The lowest BCUT2D eigenvalue weighted by atomic mass is 10.2. The fraction of sp³-hybridized carbons (Fsp3) is 0.286. The molecular formula is C14H17ClN2. The third-order valence-corrected chi connectivity index (χ3v) is 3.24. The van der Waals surface area contributed by atoms with E-state index in [0.29, 0.717) is 6.04 Å². The van der Waals surface area contributed by atoms with E-state index in [-0.39, 0.29) is 0 Å². The Kier molecular flexibility index (Phi) is 3.87. The molecule has 2 rings (SSSR count). The molecule has 0 radical (unpaired) electrons. The van der Waals surface area contributed by atoms with Gasteiger partial charge in [0.25, 0.3) is 0 Å². The summed E-state index contributed by atoms with van der Waals surface area (Å²) in [7, 11) is 1.97. The Morgan fingerprint density at radius 2 is 1.94 bits per heavy atom. The molecule has 0 aliphatic carbocycles. The van der Waals surface area contributed by atoms with Gasteiger partial charge in [0.1, 0.15) is 0 Å². The largest absolute Gasteiger partial charge is 0.350 e. The molecule has 0 aliphatic heterocycles. The summed E-state index contributed by atoms with van der Waals surface area (Å²) in [5, 5.41) is 4.02. The maximum Gasteiger partial charge on any atom is 0.0470 e. The van der Waals surface area contributed by atoms with Gasteiger partial charge in [0, 0.05) is 30.0 Å². The number of nitrogens with one attached hydrogen (secondary N) is 1. The zero-order valence-corrected chi connectivity index (χ0v) is 10.9. The summed E-state index contributed by atoms with van der Waals surface area (Å²) in [5.41, 5.74) is 2.56. The number of rotatable bonds is 4. The van der Waals surface area contributed by atoms with Gasteiger partial charge in [0.15, 0.2) is 0 Å². The van der Waals surface area contributed by atoms with Crippen molar-refractivity contribution in [3.8, 4) is 0 Å². The first-order chi connectivity index (χ1) is 8.19. The molecule has 1 unspecified atom stereocenters. The second kappa shape index (κ2) is 5.39. The molecule has 0 saturated carbocycles. The SMILES string of the molecule is CNC(C)c1ccn(Cc2ccc(Cl)cc2)c1. The minimum Gasteiger partial charge on any atom is -0.350 e. The number of nitrogens with zero attached hydrogens (tertiary/aromatic N) is 1. The lowest BCUT2D eigenvalue weighted by Crippen LogP contribution is -2.11. The number of aromatic nitrogens is 1. The van der Waals surface area contributed by atoms with Gasteiger partial charge in [-0.3, -0.25) is 0 Å². The van der Waals surface area contributed by atoms with Gasteiger partial charge < -0.3 is 9.88 Å². The highest BCUT2D eigenvalue weighted by molar-refractivity contribution is 6.30. The van der Waals surface area contributed by atoms with Gasteiger partial charge in [-0.1, -0.05) is 23.7 Å². The molecule has 1 aromatic heterocycles. The Balaban J connectivity index is 2.08. The van der Waals surface area contributed by atoms with Crippen molar-refractivity contribution in [2.45, 2.75) is 19.5 Å². The van der Waals surface area contributed by atoms with Crippen molar-refractivity contribution in [1.29, 1.82) is 0 Å². The molecule has 0 spiro atoms. The van der Waals surface area contributed by atoms with Crippen LogP contribution in [0.2, 0.25) is 5.02 Å². The Labute approximate surface area is 107 Å². The summed E-state index contributed by atoms with van der Waals surface area (Å²) in [6, 6.07) is 10.5. The molecule has 1 aromatic carbocycles. The Morgan fingerprint density at radius 1 is 1.24 bits per heavy atom. The third kappa shape index (κ3) is 3.11. The van der Waals surface area contributed by atoms with E-state index in [2.05, 4.69) is 47.4 Å². The van der Waals surface area contributed by atoms with Crippen molar-refractivity contribution >= 4 is 11.6 Å². The van der Waals surface area contributed by atoms with Gasteiger partial charge >= 0.3 is 0 Å². The van der Waals surface area contributed by atoms with Crippen molar-refractivity contribution in [1.82, 2.24) is 9.88 Å². The zero-order valence-electron chi connectivity index (χ0n) is 10.2. The predicted octanol–water partition coefficient (Wildman–Crippen LogP) is 3.47. The van der Waals surface area contributed by atoms with E-state index in [0.717, 1.165) is 11.6 Å². The minimum absolute atomic E-state index is 0.390. The van der Waals surface area contributed by atoms with Gasteiger partial charge in [-0.05, 0) is 43.3 Å². The van der Waals surface area contributed by atoms with Crippen molar-refractivity contribution in [3.63, 3.8) is 0 Å². The molecule has 1 atom stereocenters. The van der Waals surface area contributed by atoms with E-state index in [1.165, 1.54) is 11.1 Å². The first-order valence-electron chi connectivity index (χ1n) is 5.76. The Morgan fingerprint density at radius 3 is 2.59 bits per heavy atom. The maximum atomic E-state index is 5.86. The first kappa shape index (κ1) is 12.2. The van der Waals surface area contributed by atoms with Gasteiger partial charge in [-0.15, -0.1) is 0 Å². The summed E-state index contributed by atoms with van der Waals surface area (Å²) < 4.78 is 2.19. The topological polar surface area (TPSA) is 17.0 Å². The summed E-state index contributed by atoms with van der Waals surface area (Å²) in [6.45, 7) is 3.04. The summed E-state index contributed by atoms with van der Waals surface area (Å²) >= 11 is 5.86. The van der Waals surface area contributed by atoms with Crippen LogP contribution in [0.4, 0.5) is 0 Å². The molecule has 1 N–H and O–H groups in total. The average molecular weight is 249 g/mol. The lowest BCUT2D eigenvalue weighted by molar-refractivity contribution is 0.649. The molecule has 0 saturated heterocycles. The molecule has 0 amide bonds. The average Bonchev–Trinajstić information content (AvgIpc) is 2.80. The highest BCUT2D eigenvalue weighted by Gasteiger charge is 2.04. The second-order valence-electron chi connectivity index (χ2n) is 4.25. The lowest BCUT2D eigenvalue weighted by Gasteiger charge is -2.07. The van der Waals surface area contributed by atoms with E-state index in [4.69, 9.17) is 11.6 Å². The molecule has 3 heteroatoms. The van der Waals surface area contributed by atoms with Crippen LogP contribution in [0, 0.1) is 0 Å². The fourth-order valence-electron chi connectivity index (χ4n) is 1.78. The monoisotopic (exact) mass is 248 g/mol. The number of halogens is 1. The molecule has 0 bridgehead atoms. The van der Waals surface area contributed by atoms with Crippen molar-refractivity contribution in [2.75, 3.05) is 7.05 Å². The maximum absolute atomic E-state index is 5.86. The second-order valence-corrected chi connectivity index (χ2v) is 4.69. The number of hydrogen-bond donors (Lipinski definition) is 1. The fourth-order valence-corrected chi connectivity index (χ4v) is 1.91. The highest BCUT2D eigenvalue weighted by atomic mass is 35.5. The molecule has 17 heavy (non-hydrogen) atoms. The standard InChI is InChI=1S/C14H17ClN2/c1-11(16-2)13-7-8-17(10-13)9-12-3-5-14(15)6-4-12/h3-8,10-11,16H,9H2,1-2H3. The van der Waals surface area contributed by atoms with E-state index in [1.54, 1.807) is 0 Å². The molecule has 90 valence electrons. The Hall–Kier alpha value is -1.25. The van der Waals surface area contributed by atoms with Gasteiger partial charge in [-0.2, -0.15) is 0 Å². The van der Waals surface area contributed by atoms with E-state index in [1.807, 2.05) is 19.2 Å². The highest BCUT2D eigenvalue weighted by Crippen LogP contribution is 2.14. The van der Waals surface area contributed by atoms with Crippen molar-refractivity contribution < 1.29 is 0 Å². The van der Waals surface area contributed by atoms with Crippen LogP contribution >= 0.6 is 11.6 Å². The van der Waals surface area contributed by atoms with Crippen molar-refractivity contribution in [3.05, 3.63) is 58.9 Å². The summed E-state index contributed by atoms with van der Waals surface area (Å²) in [5.74, 6) is 0. The van der Waals surface area contributed by atoms with E-state index >= 15 is 0 Å². The molecule has 2 nitrogen and oxygen atoms in total. The molecular weight excluding hydrogens is 232 g/mol. The smallest absolute Gasteiger partial charge is 0.0470 e. The number of hydrogen-bond acceptors (Lipinski definition) is 1. The molecule has 0 fully saturated rings. The van der Waals surface area contributed by atoms with E-state index in [9.17, 15) is 0 Å². The van der Waals surface area contributed by atoms with Crippen LogP contribution in [0.15, 0.2) is 42.7 Å². The summed E-state index contributed by atoms with van der Waals surface area (Å²) in [6.07, 6.45) is 4.29. The third-order valence-electron chi connectivity index (χ3n) is 2.98. The van der Waals surface area contributed by atoms with Crippen LogP contribution in [-0.2, 0) is 6.54 Å². The van der Waals surface area contributed by atoms with Crippen LogP contribution in [0.5, 0.6) is 0 Å². The number of benzene rings is 1. The van der Waals surface area contributed by atoms with Gasteiger partial charge in [0.2, 0.25) is 0 Å². The molecule has 2 aromatic rings. The van der Waals surface area contributed by atoms with Crippen molar-refractivity contribution in [2.24, 2.45) is 0 Å². The molecule has 1 heterocycles. The normalized spacial score (nSPS) is 12.6. The van der Waals surface area contributed by atoms with E-state index < -0.39 is 0 Å². The predicted molar refractivity (Wildman–Crippen MR) is 72.5 cm³/mol. The van der Waals surface area contributed by atoms with Crippen LogP contribution in [-0.4, -0.2) is 11.6 Å². The van der Waals surface area contributed by atoms with Crippen LogP contribution in [0.1, 0.15) is 24.1 Å². The zero-order chi connectivity index (χ0) is 12.3. The van der Waals surface area contributed by atoms with Gasteiger partial charge in [0.05, 0.1) is 0 Å². The van der Waals surface area contributed by atoms with Gasteiger partial charge in [-0.25, -0.2) is 0 Å². The Bertz CT molecular complexity index is 473. The molecule has 0 aliphatic rings. The summed E-state index contributed by atoms with van der Waals surface area (Å²) in [4.78, 5) is 0. The van der Waals surface area contributed by atoms with Crippen LogP contribution in [0.25, 0.3) is 0 Å². The minimum atomic E-state index is 0.390. The first-order valence-corrected chi connectivity index (χ1v) is 6.14. The van der Waals surface area contributed by atoms with Crippen LogP contribution in [0.3, 0.4) is 0 Å². The quantitative estimate of drug-likeness (QED) is 0.877.